The average Bonchev–Trinajstić information content (AvgIpc) is 3.33. The van der Waals surface area contributed by atoms with Crippen molar-refractivity contribution < 1.29 is 5.11 Å². The van der Waals surface area contributed by atoms with Gasteiger partial charge in [-0.25, -0.2) is 4.98 Å². The largest absolute Gasteiger partial charge is 0.395 e. The standard InChI is InChI=1S/C26H31N7O/c1-17-21-3-2-4-22(21)30-25-23(17)24(28-11-14-34)31-26(32-25)29-20-9-12-33(13-10-20)16-19-7-5-18(15-27)6-8-19/h5-8,20,34H,2-4,9-14,16H2,1H3,(H2,28,29,30,31,32). The van der Waals surface area contributed by atoms with Crippen LogP contribution in [0.5, 0.6) is 0 Å². The van der Waals surface area contributed by atoms with Crippen molar-refractivity contribution in [2.75, 3.05) is 36.9 Å². The van der Waals surface area contributed by atoms with E-state index in [0.29, 0.717) is 24.1 Å². The molecule has 34 heavy (non-hydrogen) atoms. The van der Waals surface area contributed by atoms with Gasteiger partial charge in [0.15, 0.2) is 5.65 Å². The lowest BCUT2D eigenvalue weighted by molar-refractivity contribution is 0.211. The summed E-state index contributed by atoms with van der Waals surface area (Å²) in [5, 5.41) is 26.1. The van der Waals surface area contributed by atoms with E-state index in [9.17, 15) is 5.11 Å². The molecule has 1 saturated heterocycles. The van der Waals surface area contributed by atoms with Gasteiger partial charge in [0.05, 0.1) is 23.6 Å². The molecule has 1 aliphatic heterocycles. The maximum Gasteiger partial charge on any atom is 0.226 e. The smallest absolute Gasteiger partial charge is 0.226 e. The van der Waals surface area contributed by atoms with Crippen LogP contribution in [0.2, 0.25) is 0 Å². The Morgan fingerprint density at radius 1 is 1.12 bits per heavy atom. The highest BCUT2D eigenvalue weighted by molar-refractivity contribution is 5.91. The van der Waals surface area contributed by atoms with E-state index < -0.39 is 0 Å². The number of aromatic nitrogens is 3. The van der Waals surface area contributed by atoms with E-state index in [0.717, 1.165) is 68.6 Å². The van der Waals surface area contributed by atoms with Gasteiger partial charge in [-0.15, -0.1) is 0 Å². The molecule has 0 unspecified atom stereocenters. The maximum atomic E-state index is 9.35. The summed E-state index contributed by atoms with van der Waals surface area (Å²) in [5.74, 6) is 1.35. The number of benzene rings is 1. The van der Waals surface area contributed by atoms with Gasteiger partial charge < -0.3 is 15.7 Å². The molecule has 2 aromatic heterocycles. The molecule has 1 aromatic carbocycles. The van der Waals surface area contributed by atoms with Crippen molar-refractivity contribution in [3.05, 3.63) is 52.2 Å². The van der Waals surface area contributed by atoms with Gasteiger partial charge in [0.2, 0.25) is 5.95 Å². The topological polar surface area (TPSA) is 110 Å². The van der Waals surface area contributed by atoms with Crippen LogP contribution in [0.3, 0.4) is 0 Å². The number of hydrogen-bond donors (Lipinski definition) is 3. The molecule has 0 radical (unpaired) electrons. The lowest BCUT2D eigenvalue weighted by Crippen LogP contribution is -2.39. The SMILES string of the molecule is Cc1c2c(nc3nc(NC4CCN(Cc5ccc(C#N)cc5)CC4)nc(NCCO)c13)CCC2. The van der Waals surface area contributed by atoms with E-state index in [-0.39, 0.29) is 6.61 Å². The Hall–Kier alpha value is -3.28. The first-order valence-electron chi connectivity index (χ1n) is 12.2. The van der Waals surface area contributed by atoms with Gasteiger partial charge in [-0.3, -0.25) is 4.90 Å². The number of aryl methyl sites for hydroxylation is 2. The summed E-state index contributed by atoms with van der Waals surface area (Å²) in [6, 6.07) is 10.3. The van der Waals surface area contributed by atoms with E-state index in [4.69, 9.17) is 20.2 Å². The maximum absolute atomic E-state index is 9.35. The van der Waals surface area contributed by atoms with Crippen molar-refractivity contribution in [2.45, 2.75) is 51.6 Å². The summed E-state index contributed by atoms with van der Waals surface area (Å²) in [7, 11) is 0. The zero-order chi connectivity index (χ0) is 23.5. The first-order chi connectivity index (χ1) is 16.6. The Balaban J connectivity index is 1.29. The van der Waals surface area contributed by atoms with Gasteiger partial charge in [-0.1, -0.05) is 12.1 Å². The minimum atomic E-state index is 0.0450. The highest BCUT2D eigenvalue weighted by Gasteiger charge is 2.23. The fraction of sp³-hybridized carbons (Fsp3) is 0.462. The Labute approximate surface area is 200 Å². The molecule has 3 heterocycles. The molecule has 176 valence electrons. The minimum absolute atomic E-state index is 0.0450. The van der Waals surface area contributed by atoms with Crippen molar-refractivity contribution in [2.24, 2.45) is 0 Å². The minimum Gasteiger partial charge on any atom is -0.395 e. The zero-order valence-corrected chi connectivity index (χ0v) is 19.6. The summed E-state index contributed by atoms with van der Waals surface area (Å²) in [6.45, 7) is 5.50. The predicted octanol–water partition coefficient (Wildman–Crippen LogP) is 3.17. The molecule has 2 aliphatic rings. The third-order valence-electron chi connectivity index (χ3n) is 6.96. The van der Waals surface area contributed by atoms with E-state index in [2.05, 4.69) is 28.5 Å². The number of pyridine rings is 1. The molecule has 8 heteroatoms. The molecule has 8 nitrogen and oxygen atoms in total. The second-order valence-corrected chi connectivity index (χ2v) is 9.26. The van der Waals surface area contributed by atoms with Crippen LogP contribution in [-0.4, -0.2) is 57.2 Å². The molecule has 1 aliphatic carbocycles. The number of anilines is 2. The monoisotopic (exact) mass is 457 g/mol. The number of nitrogens with one attached hydrogen (secondary N) is 2. The van der Waals surface area contributed by atoms with Crippen molar-refractivity contribution in [3.8, 4) is 6.07 Å². The third-order valence-corrected chi connectivity index (χ3v) is 6.96. The van der Waals surface area contributed by atoms with E-state index >= 15 is 0 Å². The van der Waals surface area contributed by atoms with E-state index in [1.165, 1.54) is 22.4 Å². The third kappa shape index (κ3) is 4.67. The Kier molecular flexibility index (Phi) is 6.57. The summed E-state index contributed by atoms with van der Waals surface area (Å²) < 4.78 is 0. The highest BCUT2D eigenvalue weighted by Crippen LogP contribution is 2.32. The number of fused-ring (bicyclic) bond motifs is 2. The van der Waals surface area contributed by atoms with E-state index in [1.807, 2.05) is 24.3 Å². The van der Waals surface area contributed by atoms with Crippen LogP contribution in [0.4, 0.5) is 11.8 Å². The van der Waals surface area contributed by atoms with Gasteiger partial charge in [-0.05, 0) is 67.9 Å². The molecule has 0 spiro atoms. The van der Waals surface area contributed by atoms with Crippen LogP contribution < -0.4 is 10.6 Å². The predicted molar refractivity (Wildman–Crippen MR) is 133 cm³/mol. The van der Waals surface area contributed by atoms with Crippen molar-refractivity contribution in [1.29, 1.82) is 5.26 Å². The number of likely N-dealkylation sites (tertiary alicyclic amines) is 1. The molecule has 3 aromatic rings. The van der Waals surface area contributed by atoms with Crippen molar-refractivity contribution >= 4 is 22.8 Å². The van der Waals surface area contributed by atoms with Crippen molar-refractivity contribution in [1.82, 2.24) is 19.9 Å². The Bertz CT molecular complexity index is 1210. The Morgan fingerprint density at radius 3 is 2.65 bits per heavy atom. The molecule has 0 saturated carbocycles. The van der Waals surface area contributed by atoms with Gasteiger partial charge >= 0.3 is 0 Å². The number of hydrogen-bond acceptors (Lipinski definition) is 8. The quantitative estimate of drug-likeness (QED) is 0.496. The van der Waals surface area contributed by atoms with Gasteiger partial charge in [-0.2, -0.15) is 15.2 Å². The summed E-state index contributed by atoms with van der Waals surface area (Å²) in [4.78, 5) is 16.9. The van der Waals surface area contributed by atoms with Crippen LogP contribution in [0.1, 0.15) is 47.2 Å². The zero-order valence-electron chi connectivity index (χ0n) is 19.6. The van der Waals surface area contributed by atoms with Gasteiger partial charge in [0, 0.05) is 37.9 Å². The van der Waals surface area contributed by atoms with Crippen LogP contribution in [0.25, 0.3) is 11.0 Å². The van der Waals surface area contributed by atoms with Gasteiger partial charge in [0.1, 0.15) is 5.82 Å². The molecule has 0 bridgehead atoms. The lowest BCUT2D eigenvalue weighted by Gasteiger charge is -2.32. The van der Waals surface area contributed by atoms with E-state index in [1.54, 1.807) is 0 Å². The number of piperidine rings is 1. The normalized spacial score (nSPS) is 16.4. The molecule has 5 rings (SSSR count). The van der Waals surface area contributed by atoms with Gasteiger partial charge in [0.25, 0.3) is 0 Å². The van der Waals surface area contributed by atoms with Crippen LogP contribution in [0.15, 0.2) is 24.3 Å². The number of nitriles is 1. The average molecular weight is 458 g/mol. The first-order valence-corrected chi connectivity index (χ1v) is 12.2. The van der Waals surface area contributed by atoms with Crippen molar-refractivity contribution in [3.63, 3.8) is 0 Å². The number of nitrogens with zero attached hydrogens (tertiary/aromatic N) is 5. The molecule has 3 N–H and O–H groups in total. The lowest BCUT2D eigenvalue weighted by atomic mass is 10.0. The summed E-state index contributed by atoms with van der Waals surface area (Å²) in [5.41, 5.74) is 6.37. The number of rotatable bonds is 7. The highest BCUT2D eigenvalue weighted by atomic mass is 16.3. The first kappa shape index (κ1) is 22.5. The number of aliphatic hydroxyl groups excluding tert-OH is 1. The molecule has 0 amide bonds. The van der Waals surface area contributed by atoms with Crippen LogP contribution in [-0.2, 0) is 19.4 Å². The Morgan fingerprint density at radius 2 is 1.91 bits per heavy atom. The molecular weight excluding hydrogens is 426 g/mol. The second kappa shape index (κ2) is 9.92. The van der Waals surface area contributed by atoms with Crippen LogP contribution >= 0.6 is 0 Å². The fourth-order valence-electron chi connectivity index (χ4n) is 5.14. The molecular formula is C26H31N7O. The molecule has 0 atom stereocenters. The second-order valence-electron chi connectivity index (χ2n) is 9.26. The summed E-state index contributed by atoms with van der Waals surface area (Å²) in [6.07, 6.45) is 5.22. The number of aliphatic hydroxyl groups is 1. The molecule has 1 fully saturated rings. The summed E-state index contributed by atoms with van der Waals surface area (Å²) >= 11 is 0. The fourth-order valence-corrected chi connectivity index (χ4v) is 5.14. The van der Waals surface area contributed by atoms with Crippen LogP contribution in [0, 0.1) is 18.3 Å².